The third kappa shape index (κ3) is 1.81. The number of hydrogen-bond donors (Lipinski definition) is 2. The smallest absolute Gasteiger partial charge is 0.309 e. The summed E-state index contributed by atoms with van der Waals surface area (Å²) in [7, 11) is 0. The number of hydrogen-bond acceptors (Lipinski definition) is 8. The van der Waals surface area contributed by atoms with Gasteiger partial charge in [-0.25, -0.2) is 0 Å². The Morgan fingerprint density at radius 3 is 2.39 bits per heavy atom. The fourth-order valence-corrected chi connectivity index (χ4v) is 4.75. The first-order valence-corrected chi connectivity index (χ1v) is 9.11. The Kier molecular flexibility index (Phi) is 3.38. The molecule has 3 aliphatic heterocycles. The Bertz CT molecular complexity index is 953. The molecule has 146 valence electrons. The van der Waals surface area contributed by atoms with Gasteiger partial charge in [0.1, 0.15) is 6.10 Å². The molecule has 28 heavy (non-hydrogen) atoms. The topological polar surface area (TPSA) is 119 Å². The van der Waals surface area contributed by atoms with Gasteiger partial charge >= 0.3 is 5.97 Å². The summed E-state index contributed by atoms with van der Waals surface area (Å²) in [4.78, 5) is 38.8. The number of ether oxygens (including phenoxy) is 3. The van der Waals surface area contributed by atoms with E-state index >= 15 is 0 Å². The van der Waals surface area contributed by atoms with Crippen LogP contribution in [0.25, 0.3) is 0 Å². The summed E-state index contributed by atoms with van der Waals surface area (Å²) in [6.07, 6.45) is 0.192. The van der Waals surface area contributed by atoms with E-state index in [-0.39, 0.29) is 17.5 Å². The van der Waals surface area contributed by atoms with Gasteiger partial charge in [-0.1, -0.05) is 30.3 Å². The molecule has 0 saturated carbocycles. The van der Waals surface area contributed by atoms with Gasteiger partial charge in [-0.3, -0.25) is 14.4 Å². The van der Waals surface area contributed by atoms with E-state index < -0.39 is 52.8 Å². The molecule has 2 saturated heterocycles. The second kappa shape index (κ2) is 5.36. The highest BCUT2D eigenvalue weighted by Crippen LogP contribution is 2.55. The van der Waals surface area contributed by atoms with Crippen LogP contribution in [0, 0.1) is 0 Å². The van der Waals surface area contributed by atoms with E-state index in [0.29, 0.717) is 6.42 Å². The molecule has 1 aliphatic carbocycles. The van der Waals surface area contributed by atoms with E-state index in [1.807, 2.05) is 0 Å². The van der Waals surface area contributed by atoms with Gasteiger partial charge in [0.15, 0.2) is 6.10 Å². The van der Waals surface area contributed by atoms with Crippen molar-refractivity contribution in [3.05, 3.63) is 47.5 Å². The maximum Gasteiger partial charge on any atom is 0.309 e. The van der Waals surface area contributed by atoms with Gasteiger partial charge in [0, 0.05) is 11.1 Å². The predicted molar refractivity (Wildman–Crippen MR) is 91.4 cm³/mol. The zero-order valence-electron chi connectivity index (χ0n) is 15.0. The van der Waals surface area contributed by atoms with Crippen LogP contribution in [0.15, 0.2) is 36.4 Å². The van der Waals surface area contributed by atoms with E-state index in [9.17, 15) is 24.6 Å². The van der Waals surface area contributed by atoms with Crippen molar-refractivity contribution in [2.75, 3.05) is 0 Å². The molecule has 0 amide bonds. The first kappa shape index (κ1) is 17.7. The molecule has 6 atom stereocenters. The number of carbonyl (C=O) groups is 3. The summed E-state index contributed by atoms with van der Waals surface area (Å²) < 4.78 is 17.0. The highest BCUT2D eigenvalue weighted by atomic mass is 16.7. The van der Waals surface area contributed by atoms with Crippen molar-refractivity contribution in [3.63, 3.8) is 0 Å². The number of carbonyl (C=O) groups excluding carboxylic acids is 3. The summed E-state index contributed by atoms with van der Waals surface area (Å²) in [5.41, 5.74) is -5.69. The van der Waals surface area contributed by atoms with Crippen molar-refractivity contribution in [2.24, 2.45) is 0 Å². The average Bonchev–Trinajstić information content (AvgIpc) is 3.04. The molecular formula is C20H18O8. The minimum absolute atomic E-state index is 0.0498. The number of benzene rings is 1. The Morgan fingerprint density at radius 1 is 1.04 bits per heavy atom. The SMILES string of the molecule is C[C@H]1CC=C[C@@]2(O[C@H]3CC(=O)O[C@@H]3[C@]3(O)C(=O)c4ccccc4C(=O)[C@@]23O)O1. The van der Waals surface area contributed by atoms with Crippen LogP contribution in [0.3, 0.4) is 0 Å². The Balaban J connectivity index is 1.83. The molecule has 0 unspecified atom stereocenters. The zero-order valence-corrected chi connectivity index (χ0v) is 15.0. The summed E-state index contributed by atoms with van der Waals surface area (Å²) >= 11 is 0. The number of Topliss-reactive ketones (excluding diaryl/α,β-unsaturated/α-hetero) is 2. The monoisotopic (exact) mass is 386 g/mol. The number of fused-ring (bicyclic) bond motifs is 5. The molecule has 8 nitrogen and oxygen atoms in total. The van der Waals surface area contributed by atoms with Crippen molar-refractivity contribution in [1.29, 1.82) is 0 Å². The van der Waals surface area contributed by atoms with Gasteiger partial charge in [0.25, 0.3) is 0 Å². The van der Waals surface area contributed by atoms with Crippen molar-refractivity contribution >= 4 is 17.5 Å². The van der Waals surface area contributed by atoms with Crippen molar-refractivity contribution < 1.29 is 38.8 Å². The minimum atomic E-state index is -2.83. The quantitative estimate of drug-likeness (QED) is 0.483. The third-order valence-electron chi connectivity index (χ3n) is 6.03. The van der Waals surface area contributed by atoms with Crippen molar-refractivity contribution in [2.45, 2.75) is 55.1 Å². The normalized spacial score (nSPS) is 44.1. The summed E-state index contributed by atoms with van der Waals surface area (Å²) in [6.45, 7) is 1.71. The van der Waals surface area contributed by atoms with Crippen molar-refractivity contribution in [1.82, 2.24) is 0 Å². The molecule has 2 fully saturated rings. The van der Waals surface area contributed by atoms with Gasteiger partial charge in [-0.05, 0) is 19.4 Å². The first-order valence-electron chi connectivity index (χ1n) is 9.11. The first-order chi connectivity index (χ1) is 13.2. The highest BCUT2D eigenvalue weighted by Gasteiger charge is 2.82. The summed E-state index contributed by atoms with van der Waals surface area (Å²) in [6, 6.07) is 5.88. The molecule has 2 N–H and O–H groups in total. The molecule has 5 rings (SSSR count). The lowest BCUT2D eigenvalue weighted by atomic mass is 9.59. The molecule has 1 aromatic carbocycles. The number of ketones is 2. The van der Waals surface area contributed by atoms with E-state index in [2.05, 4.69) is 0 Å². The molecule has 3 heterocycles. The lowest BCUT2D eigenvalue weighted by Crippen LogP contribution is -2.85. The van der Waals surface area contributed by atoms with E-state index in [0.717, 1.165) is 0 Å². The van der Waals surface area contributed by atoms with Crippen LogP contribution in [-0.4, -0.2) is 63.0 Å². The van der Waals surface area contributed by atoms with Gasteiger partial charge in [0.05, 0.1) is 12.5 Å². The maximum atomic E-state index is 13.5. The van der Waals surface area contributed by atoms with Gasteiger partial charge < -0.3 is 24.4 Å². The van der Waals surface area contributed by atoms with E-state index in [4.69, 9.17) is 14.2 Å². The second-order valence-corrected chi connectivity index (χ2v) is 7.69. The molecule has 4 aliphatic rings. The summed E-state index contributed by atoms with van der Waals surface area (Å²) in [5, 5.41) is 23.4. The van der Waals surface area contributed by atoms with Crippen LogP contribution in [0.5, 0.6) is 0 Å². The van der Waals surface area contributed by atoms with E-state index in [1.165, 1.54) is 18.2 Å². The van der Waals surface area contributed by atoms with Crippen LogP contribution >= 0.6 is 0 Å². The molecule has 0 radical (unpaired) electrons. The van der Waals surface area contributed by atoms with Crippen LogP contribution in [-0.2, 0) is 19.0 Å². The second-order valence-electron chi connectivity index (χ2n) is 7.69. The van der Waals surface area contributed by atoms with Crippen molar-refractivity contribution in [3.8, 4) is 0 Å². The molecular weight excluding hydrogens is 368 g/mol. The Morgan fingerprint density at radius 2 is 1.71 bits per heavy atom. The molecule has 1 spiro atoms. The fraction of sp³-hybridized carbons (Fsp3) is 0.450. The van der Waals surface area contributed by atoms with Gasteiger partial charge in [-0.2, -0.15) is 0 Å². The Labute approximate surface area is 159 Å². The van der Waals surface area contributed by atoms with Crippen LogP contribution < -0.4 is 0 Å². The minimum Gasteiger partial charge on any atom is -0.456 e. The van der Waals surface area contributed by atoms with Crippen LogP contribution in [0.4, 0.5) is 0 Å². The van der Waals surface area contributed by atoms with Crippen LogP contribution in [0.1, 0.15) is 40.5 Å². The van der Waals surface area contributed by atoms with Gasteiger partial charge in [-0.15, -0.1) is 0 Å². The van der Waals surface area contributed by atoms with E-state index in [1.54, 1.807) is 25.1 Å². The molecule has 0 aromatic heterocycles. The molecule has 8 heteroatoms. The lowest BCUT2D eigenvalue weighted by Gasteiger charge is -2.59. The highest BCUT2D eigenvalue weighted by molar-refractivity contribution is 6.23. The lowest BCUT2D eigenvalue weighted by molar-refractivity contribution is -0.379. The van der Waals surface area contributed by atoms with Gasteiger partial charge in [0.2, 0.25) is 28.6 Å². The summed E-state index contributed by atoms with van der Waals surface area (Å²) in [5.74, 6) is -4.66. The van der Waals surface area contributed by atoms with Crippen LogP contribution in [0.2, 0.25) is 0 Å². The average molecular weight is 386 g/mol. The standard InChI is InChI=1S/C20H18O8/c1-10-5-4-8-18(27-10)20(25)16(23)12-7-3-2-6-11(12)15(22)19(20,24)17-13(28-18)9-14(21)26-17/h2-4,6-8,10,13,17,24-25H,5,9H2,1H3/t10-,13-,17-,18-,19+,20+/m0/s1. The fourth-order valence-electron chi connectivity index (χ4n) is 4.75. The number of esters is 1. The maximum absolute atomic E-state index is 13.5. The number of aliphatic hydroxyl groups is 2. The zero-order chi connectivity index (χ0) is 19.9. The third-order valence-corrected chi connectivity index (χ3v) is 6.03. The number of rotatable bonds is 0. The molecule has 0 bridgehead atoms. The predicted octanol–water partition coefficient (Wildman–Crippen LogP) is 0.303. The Hall–Kier alpha value is -2.39. The largest absolute Gasteiger partial charge is 0.456 e. The molecule has 1 aromatic rings.